The van der Waals surface area contributed by atoms with Gasteiger partial charge in [-0.05, 0) is 36.8 Å². The zero-order chi connectivity index (χ0) is 15.8. The van der Waals surface area contributed by atoms with Crippen molar-refractivity contribution in [3.63, 3.8) is 0 Å². The third kappa shape index (κ3) is 4.81. The standard InChI is InChI=1S/C20H26OS/c1-3-19(15-17-11-7-5-8-12-17)22(21)20(4-2)16-18-13-9-6-10-14-18/h5-14,19-20H,3-4,15-16H2,1-2H3. The summed E-state index contributed by atoms with van der Waals surface area (Å²) in [7, 11) is -0.797. The summed E-state index contributed by atoms with van der Waals surface area (Å²) in [5.74, 6) is 0. The van der Waals surface area contributed by atoms with E-state index in [1.807, 2.05) is 12.1 Å². The maximum absolute atomic E-state index is 13.0. The second-order valence-electron chi connectivity index (χ2n) is 5.77. The average molecular weight is 314 g/mol. The lowest BCUT2D eigenvalue weighted by atomic mass is 10.1. The van der Waals surface area contributed by atoms with E-state index in [1.54, 1.807) is 0 Å². The quantitative estimate of drug-likeness (QED) is 0.685. The summed E-state index contributed by atoms with van der Waals surface area (Å²) in [5.41, 5.74) is 2.58. The lowest BCUT2D eigenvalue weighted by Crippen LogP contribution is -2.28. The molecular formula is C20H26OS. The first kappa shape index (κ1) is 17.0. The zero-order valence-electron chi connectivity index (χ0n) is 13.6. The van der Waals surface area contributed by atoms with E-state index in [0.717, 1.165) is 25.7 Å². The molecule has 2 aromatic rings. The predicted molar refractivity (Wildman–Crippen MR) is 96.6 cm³/mol. The van der Waals surface area contributed by atoms with Crippen molar-refractivity contribution in [3.05, 3.63) is 71.8 Å². The first-order valence-corrected chi connectivity index (χ1v) is 9.49. The Kier molecular flexibility index (Phi) is 6.85. The van der Waals surface area contributed by atoms with Gasteiger partial charge in [-0.2, -0.15) is 0 Å². The smallest absolute Gasteiger partial charge is 0.0388 e. The summed E-state index contributed by atoms with van der Waals surface area (Å²) in [6, 6.07) is 20.9. The summed E-state index contributed by atoms with van der Waals surface area (Å²) in [6.45, 7) is 4.31. The van der Waals surface area contributed by atoms with Gasteiger partial charge in [-0.25, -0.2) is 0 Å². The molecule has 0 aliphatic heterocycles. The molecular weight excluding hydrogens is 288 g/mol. The Bertz CT molecular complexity index is 513. The third-order valence-corrected chi connectivity index (χ3v) is 6.49. The van der Waals surface area contributed by atoms with Gasteiger partial charge in [-0.3, -0.25) is 4.21 Å². The van der Waals surface area contributed by atoms with Crippen LogP contribution in [0.4, 0.5) is 0 Å². The number of hydrogen-bond donors (Lipinski definition) is 0. The fraction of sp³-hybridized carbons (Fsp3) is 0.400. The van der Waals surface area contributed by atoms with Crippen LogP contribution in [-0.4, -0.2) is 14.7 Å². The highest BCUT2D eigenvalue weighted by Gasteiger charge is 2.23. The highest BCUT2D eigenvalue weighted by Crippen LogP contribution is 2.19. The Morgan fingerprint density at radius 1 is 0.727 bits per heavy atom. The summed E-state index contributed by atoms with van der Waals surface area (Å²) in [5, 5.41) is 0.493. The van der Waals surface area contributed by atoms with Gasteiger partial charge in [0.25, 0.3) is 0 Å². The van der Waals surface area contributed by atoms with Crippen LogP contribution in [0.15, 0.2) is 60.7 Å². The number of hydrogen-bond acceptors (Lipinski definition) is 1. The summed E-state index contributed by atoms with van der Waals surface area (Å²) < 4.78 is 13.0. The zero-order valence-corrected chi connectivity index (χ0v) is 14.4. The normalized spacial score (nSPS) is 15.2. The van der Waals surface area contributed by atoms with Crippen molar-refractivity contribution in [2.75, 3.05) is 0 Å². The molecule has 1 nitrogen and oxygen atoms in total. The van der Waals surface area contributed by atoms with Gasteiger partial charge in [-0.1, -0.05) is 74.5 Å². The van der Waals surface area contributed by atoms with Gasteiger partial charge in [0.05, 0.1) is 0 Å². The van der Waals surface area contributed by atoms with Crippen LogP contribution < -0.4 is 0 Å². The Morgan fingerprint density at radius 2 is 1.09 bits per heavy atom. The van der Waals surface area contributed by atoms with Crippen LogP contribution in [0.5, 0.6) is 0 Å². The van der Waals surface area contributed by atoms with E-state index in [-0.39, 0.29) is 10.5 Å². The molecule has 0 spiro atoms. The SMILES string of the molecule is CCC(Cc1ccccc1)S(=O)C(CC)Cc1ccccc1. The van der Waals surface area contributed by atoms with Crippen LogP contribution >= 0.6 is 0 Å². The molecule has 2 atom stereocenters. The number of benzene rings is 2. The molecule has 2 aromatic carbocycles. The van der Waals surface area contributed by atoms with Crippen molar-refractivity contribution in [2.24, 2.45) is 0 Å². The van der Waals surface area contributed by atoms with Crippen LogP contribution in [0.25, 0.3) is 0 Å². The van der Waals surface area contributed by atoms with E-state index < -0.39 is 10.8 Å². The lowest BCUT2D eigenvalue weighted by Gasteiger charge is -2.22. The van der Waals surface area contributed by atoms with E-state index in [0.29, 0.717) is 0 Å². The summed E-state index contributed by atoms with van der Waals surface area (Å²) in [4.78, 5) is 0. The van der Waals surface area contributed by atoms with E-state index in [9.17, 15) is 4.21 Å². The van der Waals surface area contributed by atoms with Crippen LogP contribution in [-0.2, 0) is 23.6 Å². The highest BCUT2D eigenvalue weighted by atomic mass is 32.2. The van der Waals surface area contributed by atoms with Crippen molar-refractivity contribution in [1.29, 1.82) is 0 Å². The van der Waals surface area contributed by atoms with Gasteiger partial charge in [0, 0.05) is 21.3 Å². The minimum atomic E-state index is -0.797. The molecule has 2 heteroatoms. The molecule has 0 aliphatic carbocycles. The maximum atomic E-state index is 13.0. The molecule has 118 valence electrons. The molecule has 0 fully saturated rings. The van der Waals surface area contributed by atoms with Crippen molar-refractivity contribution in [1.82, 2.24) is 0 Å². The van der Waals surface area contributed by atoms with Crippen molar-refractivity contribution in [3.8, 4) is 0 Å². The largest absolute Gasteiger partial charge is 0.259 e. The molecule has 0 N–H and O–H groups in total. The Morgan fingerprint density at radius 3 is 1.41 bits per heavy atom. The molecule has 0 aliphatic rings. The predicted octanol–water partition coefficient (Wildman–Crippen LogP) is 4.78. The molecule has 2 rings (SSSR count). The topological polar surface area (TPSA) is 17.1 Å². The average Bonchev–Trinajstić information content (AvgIpc) is 2.59. The van der Waals surface area contributed by atoms with E-state index >= 15 is 0 Å². The Balaban J connectivity index is 2.05. The molecule has 0 bridgehead atoms. The first-order valence-electron chi connectivity index (χ1n) is 8.21. The first-order chi connectivity index (χ1) is 10.7. The molecule has 0 aromatic heterocycles. The highest BCUT2D eigenvalue weighted by molar-refractivity contribution is 7.86. The van der Waals surface area contributed by atoms with Crippen LogP contribution in [0.2, 0.25) is 0 Å². The van der Waals surface area contributed by atoms with Crippen molar-refractivity contribution >= 4 is 10.8 Å². The monoisotopic (exact) mass is 314 g/mol. The van der Waals surface area contributed by atoms with E-state index in [4.69, 9.17) is 0 Å². The van der Waals surface area contributed by atoms with Gasteiger partial charge in [0.1, 0.15) is 0 Å². The van der Waals surface area contributed by atoms with Crippen LogP contribution in [0.1, 0.15) is 37.8 Å². The molecule has 0 amide bonds. The maximum Gasteiger partial charge on any atom is 0.0388 e. The molecule has 0 saturated heterocycles. The lowest BCUT2D eigenvalue weighted by molar-refractivity contribution is 0.638. The van der Waals surface area contributed by atoms with Crippen molar-refractivity contribution in [2.45, 2.75) is 50.0 Å². The minimum absolute atomic E-state index is 0.246. The molecule has 0 saturated carbocycles. The molecule has 22 heavy (non-hydrogen) atoms. The Hall–Kier alpha value is -1.41. The Labute approximate surface area is 137 Å². The van der Waals surface area contributed by atoms with Gasteiger partial charge < -0.3 is 0 Å². The van der Waals surface area contributed by atoms with Gasteiger partial charge in [0.15, 0.2) is 0 Å². The minimum Gasteiger partial charge on any atom is -0.259 e. The van der Waals surface area contributed by atoms with Gasteiger partial charge in [-0.15, -0.1) is 0 Å². The van der Waals surface area contributed by atoms with Gasteiger partial charge in [0.2, 0.25) is 0 Å². The summed E-state index contributed by atoms with van der Waals surface area (Å²) >= 11 is 0. The van der Waals surface area contributed by atoms with E-state index in [1.165, 1.54) is 11.1 Å². The molecule has 0 heterocycles. The number of rotatable bonds is 8. The second-order valence-corrected chi connectivity index (χ2v) is 7.76. The van der Waals surface area contributed by atoms with Crippen LogP contribution in [0, 0.1) is 0 Å². The molecule has 2 unspecified atom stereocenters. The fourth-order valence-corrected chi connectivity index (χ4v) is 4.72. The van der Waals surface area contributed by atoms with Crippen molar-refractivity contribution < 1.29 is 4.21 Å². The molecule has 0 radical (unpaired) electrons. The fourth-order valence-electron chi connectivity index (χ4n) is 2.81. The van der Waals surface area contributed by atoms with Gasteiger partial charge >= 0.3 is 0 Å². The third-order valence-electron chi connectivity index (χ3n) is 4.18. The van der Waals surface area contributed by atoms with Crippen LogP contribution in [0.3, 0.4) is 0 Å². The second kappa shape index (κ2) is 8.89. The van der Waals surface area contributed by atoms with E-state index in [2.05, 4.69) is 62.4 Å². The summed E-state index contributed by atoms with van der Waals surface area (Å²) in [6.07, 6.45) is 3.75.